The van der Waals surface area contributed by atoms with Crippen LogP contribution >= 0.6 is 0 Å². The smallest absolute Gasteiger partial charge is 0.274 e. The zero-order valence-corrected chi connectivity index (χ0v) is 11.1. The van der Waals surface area contributed by atoms with Crippen LogP contribution < -0.4 is 5.56 Å². The Labute approximate surface area is 106 Å². The van der Waals surface area contributed by atoms with Gasteiger partial charge in [-0.15, -0.1) is 0 Å². The van der Waals surface area contributed by atoms with Crippen molar-refractivity contribution in [1.82, 2.24) is 14.7 Å². The lowest BCUT2D eigenvalue weighted by atomic mass is 10.2. The summed E-state index contributed by atoms with van der Waals surface area (Å²) < 4.78 is 6.81. The van der Waals surface area contributed by atoms with E-state index in [-0.39, 0.29) is 5.56 Å². The molecule has 0 saturated heterocycles. The molecule has 1 aliphatic heterocycles. The molecule has 0 amide bonds. The van der Waals surface area contributed by atoms with Crippen LogP contribution in [-0.2, 0) is 18.2 Å². The Morgan fingerprint density at radius 2 is 2.22 bits per heavy atom. The molecule has 0 aromatic carbocycles. The highest BCUT2D eigenvalue weighted by Gasteiger charge is 2.14. The molecule has 0 fully saturated rings. The maximum atomic E-state index is 11.9. The quantitative estimate of drug-likeness (QED) is 0.807. The average Bonchev–Trinajstić information content (AvgIpc) is 2.81. The average molecular weight is 247 g/mol. The molecule has 1 N–H and O–H groups in total. The predicted molar refractivity (Wildman–Crippen MR) is 69.5 cm³/mol. The molecule has 96 valence electrons. The number of aromatic nitrogens is 2. The first-order chi connectivity index (χ1) is 8.54. The third kappa shape index (κ3) is 2.00. The number of aryl methyl sites for hydroxylation is 2. The van der Waals surface area contributed by atoms with Gasteiger partial charge in [-0.2, -0.15) is 0 Å². The summed E-state index contributed by atoms with van der Waals surface area (Å²) in [7, 11) is 3.60. The van der Waals surface area contributed by atoms with E-state index in [1.165, 1.54) is 4.68 Å². The van der Waals surface area contributed by atoms with E-state index in [0.717, 1.165) is 17.8 Å². The van der Waals surface area contributed by atoms with Gasteiger partial charge >= 0.3 is 0 Å². The molecule has 0 spiro atoms. The molecule has 0 saturated carbocycles. The van der Waals surface area contributed by atoms with Gasteiger partial charge in [0.25, 0.3) is 5.56 Å². The lowest BCUT2D eigenvalue weighted by Crippen LogP contribution is -2.13. The molecule has 0 aliphatic carbocycles. The molecule has 1 aromatic heterocycles. The van der Waals surface area contributed by atoms with Crippen molar-refractivity contribution < 1.29 is 4.74 Å². The Bertz CT molecular complexity index is 613. The second kappa shape index (κ2) is 4.63. The summed E-state index contributed by atoms with van der Waals surface area (Å²) in [5.41, 5.74) is 5.51. The number of rotatable bonds is 2. The number of aromatic amines is 1. The summed E-state index contributed by atoms with van der Waals surface area (Å²) in [6, 6.07) is 0. The fourth-order valence-electron chi connectivity index (χ4n) is 1.77. The molecular weight excluding hydrogens is 230 g/mol. The standard InChI is InChI=1S/C13H17N3O2/c1-5-11-10(13(17)16(4)14-11)6-7-12-15(3)9(2)8-18-12/h6,8,14H,5H2,1-4H3. The summed E-state index contributed by atoms with van der Waals surface area (Å²) >= 11 is 0. The van der Waals surface area contributed by atoms with Crippen molar-refractivity contribution in [3.63, 3.8) is 0 Å². The summed E-state index contributed by atoms with van der Waals surface area (Å²) in [6.07, 6.45) is 4.11. The summed E-state index contributed by atoms with van der Waals surface area (Å²) in [6.45, 7) is 3.95. The Kier molecular flexibility index (Phi) is 3.17. The molecule has 0 bridgehead atoms. The monoisotopic (exact) mass is 247 g/mol. The van der Waals surface area contributed by atoms with Crippen molar-refractivity contribution in [2.24, 2.45) is 7.05 Å². The second-order valence-electron chi connectivity index (χ2n) is 4.25. The Hall–Kier alpha value is -2.13. The molecule has 0 radical (unpaired) electrons. The maximum absolute atomic E-state index is 11.9. The molecule has 2 heterocycles. The third-order valence-electron chi connectivity index (χ3n) is 3.03. The lowest BCUT2D eigenvalue weighted by Gasteiger charge is -2.09. The zero-order chi connectivity index (χ0) is 13.3. The van der Waals surface area contributed by atoms with Crippen LogP contribution in [-0.4, -0.2) is 21.7 Å². The van der Waals surface area contributed by atoms with Gasteiger partial charge < -0.3 is 9.64 Å². The van der Waals surface area contributed by atoms with Crippen LogP contribution in [0.4, 0.5) is 0 Å². The SMILES string of the molecule is CCc1[nH]n(C)c(=O)c1C=C=C1OC=C(C)N1C. The largest absolute Gasteiger partial charge is 0.440 e. The van der Waals surface area contributed by atoms with Gasteiger partial charge in [-0.1, -0.05) is 12.7 Å². The van der Waals surface area contributed by atoms with Crippen molar-refractivity contribution in [2.45, 2.75) is 20.3 Å². The molecule has 2 rings (SSSR count). The predicted octanol–water partition coefficient (Wildman–Crippen LogP) is 1.55. The second-order valence-corrected chi connectivity index (χ2v) is 4.25. The molecule has 1 aliphatic rings. The molecule has 1 aromatic rings. The van der Waals surface area contributed by atoms with Crippen molar-refractivity contribution in [1.29, 1.82) is 0 Å². The molecule has 0 atom stereocenters. The van der Waals surface area contributed by atoms with Gasteiger partial charge in [0.05, 0.1) is 11.3 Å². The number of nitrogens with zero attached hydrogens (tertiary/aromatic N) is 2. The Balaban J connectivity index is 2.41. The normalized spacial score (nSPS) is 14.3. The first-order valence-electron chi connectivity index (χ1n) is 5.86. The summed E-state index contributed by atoms with van der Waals surface area (Å²) in [5, 5.41) is 3.01. The Morgan fingerprint density at radius 1 is 1.50 bits per heavy atom. The number of allylic oxidation sites excluding steroid dienone is 1. The minimum Gasteiger partial charge on any atom is -0.440 e. The highest BCUT2D eigenvalue weighted by atomic mass is 16.5. The maximum Gasteiger partial charge on any atom is 0.274 e. The van der Waals surface area contributed by atoms with Crippen molar-refractivity contribution >= 4 is 6.08 Å². The molecular formula is C13H17N3O2. The van der Waals surface area contributed by atoms with E-state index in [4.69, 9.17) is 4.74 Å². The number of ether oxygens (including phenoxy) is 1. The van der Waals surface area contributed by atoms with Gasteiger partial charge in [0.2, 0.25) is 5.88 Å². The fourth-order valence-corrected chi connectivity index (χ4v) is 1.77. The molecule has 5 nitrogen and oxygen atoms in total. The van der Waals surface area contributed by atoms with Crippen LogP contribution in [0, 0.1) is 0 Å². The number of hydrogen-bond donors (Lipinski definition) is 1. The van der Waals surface area contributed by atoms with Crippen LogP contribution in [0.5, 0.6) is 0 Å². The highest BCUT2D eigenvalue weighted by molar-refractivity contribution is 5.50. The van der Waals surface area contributed by atoms with Crippen molar-refractivity contribution in [3.8, 4) is 0 Å². The van der Waals surface area contributed by atoms with Crippen LogP contribution in [0.2, 0.25) is 0 Å². The first-order valence-corrected chi connectivity index (χ1v) is 5.86. The zero-order valence-electron chi connectivity index (χ0n) is 11.1. The van der Waals surface area contributed by atoms with E-state index >= 15 is 0 Å². The van der Waals surface area contributed by atoms with E-state index in [0.29, 0.717) is 11.4 Å². The highest BCUT2D eigenvalue weighted by Crippen LogP contribution is 2.18. The van der Waals surface area contributed by atoms with E-state index in [1.807, 2.05) is 25.8 Å². The fraction of sp³-hybridized carbons (Fsp3) is 0.385. The Morgan fingerprint density at radius 3 is 2.78 bits per heavy atom. The van der Waals surface area contributed by atoms with Gasteiger partial charge in [-0.25, -0.2) is 0 Å². The molecule has 18 heavy (non-hydrogen) atoms. The van der Waals surface area contributed by atoms with Gasteiger partial charge in [0.15, 0.2) is 0 Å². The van der Waals surface area contributed by atoms with Crippen molar-refractivity contribution in [2.75, 3.05) is 7.05 Å². The molecule has 5 heteroatoms. The van der Waals surface area contributed by atoms with Gasteiger partial charge in [0, 0.05) is 25.9 Å². The molecule has 0 unspecified atom stereocenters. The third-order valence-corrected chi connectivity index (χ3v) is 3.03. The number of nitrogens with one attached hydrogen (secondary N) is 1. The van der Waals surface area contributed by atoms with E-state index < -0.39 is 0 Å². The van der Waals surface area contributed by atoms with E-state index in [1.54, 1.807) is 19.4 Å². The minimum absolute atomic E-state index is 0.0507. The van der Waals surface area contributed by atoms with Crippen LogP contribution in [0.25, 0.3) is 6.08 Å². The van der Waals surface area contributed by atoms with Gasteiger partial charge in [-0.05, 0) is 13.3 Å². The van der Waals surface area contributed by atoms with E-state index in [2.05, 4.69) is 10.8 Å². The van der Waals surface area contributed by atoms with E-state index in [9.17, 15) is 4.79 Å². The number of H-pyrrole nitrogens is 1. The number of hydrogen-bond acceptors (Lipinski definition) is 3. The lowest BCUT2D eigenvalue weighted by molar-refractivity contribution is 0.293. The van der Waals surface area contributed by atoms with Crippen molar-refractivity contribution in [3.05, 3.63) is 45.2 Å². The summed E-state index contributed by atoms with van der Waals surface area (Å²) in [4.78, 5) is 13.8. The van der Waals surface area contributed by atoms with Crippen LogP contribution in [0.15, 0.2) is 28.4 Å². The van der Waals surface area contributed by atoms with Gasteiger partial charge in [-0.3, -0.25) is 14.6 Å². The summed E-state index contributed by atoms with van der Waals surface area (Å²) in [5.74, 6) is 0.595. The first kappa shape index (κ1) is 12.3. The minimum atomic E-state index is -0.0507. The van der Waals surface area contributed by atoms with Crippen LogP contribution in [0.1, 0.15) is 25.1 Å². The van der Waals surface area contributed by atoms with Gasteiger partial charge in [0.1, 0.15) is 6.26 Å². The topological polar surface area (TPSA) is 50.3 Å². The van der Waals surface area contributed by atoms with Crippen LogP contribution in [0.3, 0.4) is 0 Å².